The predicted octanol–water partition coefficient (Wildman–Crippen LogP) is 12.7. The van der Waals surface area contributed by atoms with Crippen LogP contribution in [0.3, 0.4) is 0 Å². The Balaban J connectivity index is 1.17. The Morgan fingerprint density at radius 3 is 1.60 bits per heavy atom. The van der Waals surface area contributed by atoms with Gasteiger partial charge in [0.1, 0.15) is 0 Å². The van der Waals surface area contributed by atoms with Crippen LogP contribution < -0.4 is 0 Å². The van der Waals surface area contributed by atoms with Crippen LogP contribution in [0.5, 0.6) is 0 Å². The summed E-state index contributed by atoms with van der Waals surface area (Å²) in [5.41, 5.74) is 16.8. The minimum Gasteiger partial charge on any atom is -0.264 e. The fourth-order valence-corrected chi connectivity index (χ4v) is 7.61. The van der Waals surface area contributed by atoms with Gasteiger partial charge in [0.25, 0.3) is 0 Å². The minimum atomic E-state index is 0.694. The van der Waals surface area contributed by atoms with Gasteiger partial charge in [-0.15, -0.1) is 0 Å². The van der Waals surface area contributed by atoms with Gasteiger partial charge in [-0.3, -0.25) is 4.98 Å². The molecule has 2 aromatic heterocycles. The molecule has 0 aliphatic heterocycles. The summed E-state index contributed by atoms with van der Waals surface area (Å²) in [6, 6.07) is 62.5. The lowest BCUT2D eigenvalue weighted by Crippen LogP contribution is -1.97. The molecule has 10 rings (SSSR count). The van der Waals surface area contributed by atoms with Crippen molar-refractivity contribution in [2.45, 2.75) is 0 Å². The number of fused-ring (bicyclic) bond motifs is 3. The number of pyridine rings is 1. The SMILES string of the molecule is c1ccc(-c2cc(-c3cc(-c4ccc(-c5cccnc5)cc4)nc(-c4ccccc4)n3)cc(-c3ccc4c5c(cccc35)-c3ccccc3-4)c2)cc1. The molecule has 0 saturated heterocycles. The molecule has 0 spiro atoms. The van der Waals surface area contributed by atoms with Gasteiger partial charge in [-0.2, -0.15) is 0 Å². The second kappa shape index (κ2) is 12.4. The van der Waals surface area contributed by atoms with Gasteiger partial charge < -0.3 is 0 Å². The maximum Gasteiger partial charge on any atom is 0.160 e. The lowest BCUT2D eigenvalue weighted by Gasteiger charge is -2.15. The van der Waals surface area contributed by atoms with Crippen molar-refractivity contribution in [1.29, 1.82) is 0 Å². The summed E-state index contributed by atoms with van der Waals surface area (Å²) in [5.74, 6) is 0.694. The van der Waals surface area contributed by atoms with Gasteiger partial charge in [-0.1, -0.05) is 146 Å². The molecular weight excluding hydrogens is 631 g/mol. The van der Waals surface area contributed by atoms with Crippen molar-refractivity contribution in [2.75, 3.05) is 0 Å². The van der Waals surface area contributed by atoms with Crippen molar-refractivity contribution in [3.8, 4) is 89.5 Å². The molecule has 3 heteroatoms. The first-order valence-electron chi connectivity index (χ1n) is 17.6. The molecule has 0 bridgehead atoms. The van der Waals surface area contributed by atoms with Gasteiger partial charge in [0.2, 0.25) is 0 Å². The Hall–Kier alpha value is -6.97. The quantitative estimate of drug-likeness (QED) is 0.178. The Kier molecular flexibility index (Phi) is 7.14. The topological polar surface area (TPSA) is 38.7 Å². The molecule has 1 aliphatic carbocycles. The first-order chi connectivity index (χ1) is 25.8. The summed E-state index contributed by atoms with van der Waals surface area (Å²) in [4.78, 5) is 14.7. The Morgan fingerprint density at radius 1 is 0.308 bits per heavy atom. The number of hydrogen-bond donors (Lipinski definition) is 0. The highest BCUT2D eigenvalue weighted by atomic mass is 14.9. The van der Waals surface area contributed by atoms with E-state index in [1.54, 1.807) is 6.20 Å². The van der Waals surface area contributed by atoms with E-state index in [1.165, 1.54) is 38.6 Å². The fourth-order valence-electron chi connectivity index (χ4n) is 7.61. The first-order valence-corrected chi connectivity index (χ1v) is 17.6. The van der Waals surface area contributed by atoms with Gasteiger partial charge in [-0.05, 0) is 96.7 Å². The second-order valence-corrected chi connectivity index (χ2v) is 13.2. The zero-order valence-corrected chi connectivity index (χ0v) is 28.2. The molecular formula is C49H31N3. The van der Waals surface area contributed by atoms with Crippen LogP contribution in [-0.2, 0) is 0 Å². The van der Waals surface area contributed by atoms with Crippen LogP contribution in [-0.4, -0.2) is 15.0 Å². The van der Waals surface area contributed by atoms with Crippen molar-refractivity contribution in [1.82, 2.24) is 15.0 Å². The monoisotopic (exact) mass is 661 g/mol. The van der Waals surface area contributed by atoms with E-state index in [2.05, 4.69) is 157 Å². The maximum atomic E-state index is 5.24. The summed E-state index contributed by atoms with van der Waals surface area (Å²) in [5, 5.41) is 2.57. The number of rotatable bonds is 6. The van der Waals surface area contributed by atoms with Crippen LogP contribution in [0.15, 0.2) is 188 Å². The van der Waals surface area contributed by atoms with Gasteiger partial charge in [0.15, 0.2) is 5.82 Å². The van der Waals surface area contributed by atoms with E-state index in [9.17, 15) is 0 Å². The number of aromatic nitrogens is 3. The Labute approximate surface area is 302 Å². The van der Waals surface area contributed by atoms with Crippen molar-refractivity contribution < 1.29 is 0 Å². The van der Waals surface area contributed by atoms with E-state index in [1.807, 2.05) is 30.5 Å². The molecule has 9 aromatic rings. The number of nitrogens with zero attached hydrogens (tertiary/aromatic N) is 3. The molecule has 3 nitrogen and oxygen atoms in total. The molecule has 0 amide bonds. The van der Waals surface area contributed by atoms with E-state index < -0.39 is 0 Å². The van der Waals surface area contributed by atoms with E-state index in [0.29, 0.717) is 5.82 Å². The molecule has 0 atom stereocenters. The Morgan fingerprint density at radius 2 is 0.865 bits per heavy atom. The molecule has 0 radical (unpaired) electrons. The van der Waals surface area contributed by atoms with E-state index in [-0.39, 0.29) is 0 Å². The van der Waals surface area contributed by atoms with E-state index in [0.717, 1.165) is 55.9 Å². The van der Waals surface area contributed by atoms with Crippen LogP contribution in [0.1, 0.15) is 0 Å². The van der Waals surface area contributed by atoms with Gasteiger partial charge in [0, 0.05) is 29.1 Å². The zero-order valence-electron chi connectivity index (χ0n) is 28.2. The van der Waals surface area contributed by atoms with Crippen molar-refractivity contribution >= 4 is 10.8 Å². The highest BCUT2D eigenvalue weighted by Gasteiger charge is 2.23. The number of benzene rings is 7. The van der Waals surface area contributed by atoms with Gasteiger partial charge in [-0.25, -0.2) is 9.97 Å². The summed E-state index contributed by atoms with van der Waals surface area (Å²) < 4.78 is 0. The largest absolute Gasteiger partial charge is 0.264 e. The maximum absolute atomic E-state index is 5.24. The molecule has 2 heterocycles. The van der Waals surface area contributed by atoms with Crippen LogP contribution in [0.2, 0.25) is 0 Å². The summed E-state index contributed by atoms with van der Waals surface area (Å²) >= 11 is 0. The van der Waals surface area contributed by atoms with Gasteiger partial charge in [0.05, 0.1) is 11.4 Å². The van der Waals surface area contributed by atoms with Crippen LogP contribution in [0.25, 0.3) is 100 Å². The summed E-state index contributed by atoms with van der Waals surface area (Å²) in [6.07, 6.45) is 3.69. The molecule has 0 fully saturated rings. The third-order valence-corrected chi connectivity index (χ3v) is 10.1. The minimum absolute atomic E-state index is 0.694. The average Bonchev–Trinajstić information content (AvgIpc) is 3.56. The van der Waals surface area contributed by atoms with Crippen LogP contribution in [0, 0.1) is 0 Å². The smallest absolute Gasteiger partial charge is 0.160 e. The third-order valence-electron chi connectivity index (χ3n) is 10.1. The highest BCUT2D eigenvalue weighted by Crippen LogP contribution is 2.49. The zero-order chi connectivity index (χ0) is 34.4. The molecule has 0 saturated carbocycles. The van der Waals surface area contributed by atoms with E-state index >= 15 is 0 Å². The van der Waals surface area contributed by atoms with E-state index in [4.69, 9.17) is 9.97 Å². The average molecular weight is 662 g/mol. The predicted molar refractivity (Wildman–Crippen MR) is 214 cm³/mol. The Bertz CT molecular complexity index is 2730. The lowest BCUT2D eigenvalue weighted by molar-refractivity contribution is 1.18. The molecule has 0 N–H and O–H groups in total. The van der Waals surface area contributed by atoms with Crippen molar-refractivity contribution in [2.24, 2.45) is 0 Å². The fraction of sp³-hybridized carbons (Fsp3) is 0. The molecule has 0 unspecified atom stereocenters. The van der Waals surface area contributed by atoms with Crippen LogP contribution >= 0.6 is 0 Å². The molecule has 7 aromatic carbocycles. The third kappa shape index (κ3) is 5.19. The van der Waals surface area contributed by atoms with Gasteiger partial charge >= 0.3 is 0 Å². The lowest BCUT2D eigenvalue weighted by atomic mass is 9.90. The van der Waals surface area contributed by atoms with Crippen molar-refractivity contribution in [3.05, 3.63) is 188 Å². The van der Waals surface area contributed by atoms with Crippen molar-refractivity contribution in [3.63, 3.8) is 0 Å². The summed E-state index contributed by atoms with van der Waals surface area (Å²) in [6.45, 7) is 0. The highest BCUT2D eigenvalue weighted by molar-refractivity contribution is 6.18. The standard InChI is InChI=1S/C49H31N3/c1-3-11-32(12-4-1)37-27-38(40-24-25-45-42-17-8-7-16-41(42)44-19-9-18-43(40)48(44)45)29-39(28-37)47-30-46(51-49(52-47)35-13-5-2-6-14-35)34-22-20-33(21-23-34)36-15-10-26-50-31-36/h1-31H. The first kappa shape index (κ1) is 29.9. The molecule has 1 aliphatic rings. The second-order valence-electron chi connectivity index (χ2n) is 13.2. The number of hydrogen-bond acceptors (Lipinski definition) is 3. The van der Waals surface area contributed by atoms with Crippen LogP contribution in [0.4, 0.5) is 0 Å². The molecule has 52 heavy (non-hydrogen) atoms. The molecule has 242 valence electrons. The normalized spacial score (nSPS) is 11.5. The summed E-state index contributed by atoms with van der Waals surface area (Å²) in [7, 11) is 0.